The number of halogens is 2. The molecule has 9 rings (SSSR count). The molecule has 2 aliphatic heterocycles. The Balaban J connectivity index is 1.49. The normalized spacial score (nSPS) is 13.2. The molecule has 0 saturated carbocycles. The molecule has 0 aromatic heterocycles. The van der Waals surface area contributed by atoms with Gasteiger partial charge in [-0.25, -0.2) is 8.78 Å². The molecule has 0 saturated heterocycles. The molecule has 0 N–H and O–H groups in total. The first-order valence-corrected chi connectivity index (χ1v) is 18.9. The van der Waals surface area contributed by atoms with E-state index in [1.165, 1.54) is 0 Å². The number of nitrogens with zero attached hydrogens (tertiary/aromatic N) is 2. The topological polar surface area (TPSA) is 6.48 Å². The Hall–Kier alpha value is -5.30. The SMILES string of the molecule is CC(C)(C)c1c(-c2ccc(F)cc2)c(N2c3ccccc3Sc3ccccc32)cc(N2c3ccccc3Sc3ccccc32)c1-c1ccc(F)cc1. The van der Waals surface area contributed by atoms with E-state index in [9.17, 15) is 8.78 Å². The molecule has 2 nitrogen and oxygen atoms in total. The Morgan fingerprint density at radius 3 is 1.02 bits per heavy atom. The maximum absolute atomic E-state index is 14.7. The van der Waals surface area contributed by atoms with Gasteiger partial charge in [-0.15, -0.1) is 0 Å². The standard InChI is InChI=1S/C46H34F2N2S2/c1-46(2,3)45-43(29-20-24-31(47)25-21-29)37(49-33-12-4-8-16-39(33)51-40-17-9-5-13-34(40)49)28-38(44(45)30-22-26-32(48)27-23-30)50-35-14-6-10-18-41(35)52-42-19-11-7-15-36(42)50/h4-28H,1-3H3. The van der Waals surface area contributed by atoms with Crippen molar-refractivity contribution in [1.29, 1.82) is 0 Å². The lowest BCUT2D eigenvalue weighted by Gasteiger charge is -2.40. The van der Waals surface area contributed by atoms with Crippen LogP contribution in [0.15, 0.2) is 171 Å². The van der Waals surface area contributed by atoms with Crippen LogP contribution < -0.4 is 9.80 Å². The lowest BCUT2D eigenvalue weighted by atomic mass is 9.75. The van der Waals surface area contributed by atoms with Crippen LogP contribution in [0.4, 0.5) is 42.9 Å². The minimum Gasteiger partial charge on any atom is -0.308 e. The van der Waals surface area contributed by atoms with E-state index in [0.717, 1.165) is 81.5 Å². The molecule has 0 amide bonds. The third-order valence-electron chi connectivity index (χ3n) is 9.65. The highest BCUT2D eigenvalue weighted by Crippen LogP contribution is 2.60. The molecule has 0 radical (unpaired) electrons. The molecule has 0 bridgehead atoms. The van der Waals surface area contributed by atoms with Gasteiger partial charge in [0.05, 0.1) is 34.1 Å². The molecular weight excluding hydrogens is 683 g/mol. The van der Waals surface area contributed by atoms with E-state index in [0.29, 0.717) is 0 Å². The van der Waals surface area contributed by atoms with E-state index in [2.05, 4.69) is 134 Å². The van der Waals surface area contributed by atoms with Gasteiger partial charge in [0.25, 0.3) is 0 Å². The number of benzene rings is 7. The van der Waals surface area contributed by atoms with Crippen molar-refractivity contribution in [2.75, 3.05) is 9.80 Å². The van der Waals surface area contributed by atoms with Crippen LogP contribution in [-0.4, -0.2) is 0 Å². The van der Waals surface area contributed by atoms with Crippen molar-refractivity contribution < 1.29 is 8.78 Å². The summed E-state index contributed by atoms with van der Waals surface area (Å²) in [5.74, 6) is -0.579. The zero-order chi connectivity index (χ0) is 35.6. The Morgan fingerprint density at radius 1 is 0.404 bits per heavy atom. The second-order valence-electron chi connectivity index (χ2n) is 14.0. The number of hydrogen-bond donors (Lipinski definition) is 0. The lowest BCUT2D eigenvalue weighted by Crippen LogP contribution is -2.23. The Morgan fingerprint density at radius 2 is 0.712 bits per heavy atom. The molecule has 7 aromatic rings. The van der Waals surface area contributed by atoms with Crippen molar-refractivity contribution in [3.05, 3.63) is 169 Å². The van der Waals surface area contributed by atoms with Gasteiger partial charge in [0.15, 0.2) is 0 Å². The molecule has 2 heterocycles. The van der Waals surface area contributed by atoms with Crippen LogP contribution in [0, 0.1) is 11.6 Å². The number of fused-ring (bicyclic) bond motifs is 4. The monoisotopic (exact) mass is 716 g/mol. The summed E-state index contributed by atoms with van der Waals surface area (Å²) < 4.78 is 29.4. The Labute approximate surface area is 311 Å². The summed E-state index contributed by atoms with van der Waals surface area (Å²) in [4.78, 5) is 9.36. The minimum atomic E-state index is -0.425. The van der Waals surface area contributed by atoms with Crippen molar-refractivity contribution >= 4 is 57.6 Å². The highest BCUT2D eigenvalue weighted by atomic mass is 32.2. The third-order valence-corrected chi connectivity index (χ3v) is 11.9. The predicted molar refractivity (Wildman–Crippen MR) is 214 cm³/mol. The van der Waals surface area contributed by atoms with Crippen molar-refractivity contribution in [3.8, 4) is 22.3 Å². The molecule has 52 heavy (non-hydrogen) atoms. The van der Waals surface area contributed by atoms with Gasteiger partial charge in [-0.05, 0) is 101 Å². The fourth-order valence-corrected chi connectivity index (χ4v) is 9.62. The molecule has 0 spiro atoms. The van der Waals surface area contributed by atoms with E-state index in [4.69, 9.17) is 0 Å². The number of hydrogen-bond acceptors (Lipinski definition) is 4. The highest BCUT2D eigenvalue weighted by Gasteiger charge is 2.36. The van der Waals surface area contributed by atoms with Gasteiger partial charge in [-0.3, -0.25) is 0 Å². The summed E-state index contributed by atoms with van der Waals surface area (Å²) in [7, 11) is 0. The number of anilines is 6. The first-order chi connectivity index (χ1) is 25.3. The van der Waals surface area contributed by atoms with Crippen molar-refractivity contribution in [3.63, 3.8) is 0 Å². The van der Waals surface area contributed by atoms with Crippen LogP contribution in [0.5, 0.6) is 0 Å². The smallest absolute Gasteiger partial charge is 0.123 e. The lowest BCUT2D eigenvalue weighted by molar-refractivity contribution is 0.593. The predicted octanol–water partition coefficient (Wildman–Crippen LogP) is 14.5. The van der Waals surface area contributed by atoms with Crippen LogP contribution in [0.2, 0.25) is 0 Å². The largest absolute Gasteiger partial charge is 0.308 e. The number of para-hydroxylation sites is 4. The van der Waals surface area contributed by atoms with Crippen LogP contribution >= 0.6 is 23.5 Å². The Kier molecular flexibility index (Phi) is 7.98. The average Bonchev–Trinajstić information content (AvgIpc) is 3.15. The zero-order valence-corrected chi connectivity index (χ0v) is 30.5. The second kappa shape index (κ2) is 12.7. The fourth-order valence-electron chi connectivity index (χ4n) is 7.50. The summed E-state index contributed by atoms with van der Waals surface area (Å²) in [6.45, 7) is 6.70. The van der Waals surface area contributed by atoms with Gasteiger partial charge in [-0.2, -0.15) is 0 Å². The summed E-state index contributed by atoms with van der Waals surface area (Å²) in [5, 5.41) is 0. The van der Waals surface area contributed by atoms with Gasteiger partial charge in [0, 0.05) is 30.7 Å². The summed E-state index contributed by atoms with van der Waals surface area (Å²) in [6, 6.07) is 50.1. The van der Waals surface area contributed by atoms with Gasteiger partial charge in [0.1, 0.15) is 11.6 Å². The molecule has 254 valence electrons. The molecule has 6 heteroatoms. The van der Waals surface area contributed by atoms with Gasteiger partial charge in [0.2, 0.25) is 0 Å². The van der Waals surface area contributed by atoms with Crippen molar-refractivity contribution in [2.24, 2.45) is 0 Å². The van der Waals surface area contributed by atoms with Crippen LogP contribution in [-0.2, 0) is 5.41 Å². The van der Waals surface area contributed by atoms with E-state index in [1.54, 1.807) is 47.8 Å². The molecular formula is C46H34F2N2S2. The highest BCUT2D eigenvalue weighted by molar-refractivity contribution is 8.00. The average molecular weight is 717 g/mol. The van der Waals surface area contributed by atoms with Crippen molar-refractivity contribution in [2.45, 2.75) is 45.8 Å². The molecule has 0 fully saturated rings. The van der Waals surface area contributed by atoms with E-state index < -0.39 is 5.41 Å². The second-order valence-corrected chi connectivity index (χ2v) is 16.2. The van der Waals surface area contributed by atoms with Crippen LogP contribution in [0.3, 0.4) is 0 Å². The minimum absolute atomic E-state index is 0.290. The first-order valence-electron chi connectivity index (χ1n) is 17.3. The van der Waals surface area contributed by atoms with Gasteiger partial charge < -0.3 is 9.80 Å². The van der Waals surface area contributed by atoms with Gasteiger partial charge >= 0.3 is 0 Å². The third kappa shape index (κ3) is 5.49. The molecule has 0 aliphatic carbocycles. The van der Waals surface area contributed by atoms with Crippen molar-refractivity contribution in [1.82, 2.24) is 0 Å². The number of rotatable bonds is 4. The van der Waals surface area contributed by atoms with E-state index >= 15 is 0 Å². The molecule has 2 aliphatic rings. The maximum Gasteiger partial charge on any atom is 0.123 e. The van der Waals surface area contributed by atoms with Crippen LogP contribution in [0.25, 0.3) is 22.3 Å². The summed E-state index contributed by atoms with van der Waals surface area (Å²) in [6.07, 6.45) is 0. The van der Waals surface area contributed by atoms with E-state index in [-0.39, 0.29) is 11.6 Å². The quantitative estimate of drug-likeness (QED) is 0.179. The Bertz CT molecular complexity index is 2230. The zero-order valence-electron chi connectivity index (χ0n) is 28.9. The maximum atomic E-state index is 14.7. The summed E-state index contributed by atoms with van der Waals surface area (Å²) in [5.41, 5.74) is 10.7. The molecule has 0 unspecified atom stereocenters. The molecule has 7 aromatic carbocycles. The molecule has 0 atom stereocenters. The fraction of sp³-hybridized carbons (Fsp3) is 0.0870. The summed E-state index contributed by atoms with van der Waals surface area (Å²) >= 11 is 3.54. The van der Waals surface area contributed by atoms with E-state index in [1.807, 2.05) is 24.3 Å². The van der Waals surface area contributed by atoms with Crippen LogP contribution in [0.1, 0.15) is 26.3 Å². The first kappa shape index (κ1) is 32.6. The van der Waals surface area contributed by atoms with Gasteiger partial charge in [-0.1, -0.05) is 117 Å².